The van der Waals surface area contributed by atoms with E-state index in [0.717, 1.165) is 0 Å². The van der Waals surface area contributed by atoms with Crippen LogP contribution in [0.25, 0.3) is 0 Å². The minimum absolute atomic E-state index is 0.0683. The smallest absolute Gasteiger partial charge is 0.219 e. The third kappa shape index (κ3) is 2.75. The summed E-state index contributed by atoms with van der Waals surface area (Å²) in [5, 5.41) is 0.778. The van der Waals surface area contributed by atoms with Crippen LogP contribution in [0.1, 0.15) is 0 Å². The fraction of sp³-hybridized carbons (Fsp3) is 0.556. The Kier molecular flexibility index (Phi) is 3.83. The summed E-state index contributed by atoms with van der Waals surface area (Å²) in [6.45, 7) is 0.302. The Morgan fingerprint density at radius 2 is 2.38 bits per heavy atom. The van der Waals surface area contributed by atoms with Crippen molar-refractivity contribution in [2.75, 3.05) is 19.5 Å². The molecule has 1 aromatic rings. The number of aromatic nitrogens is 2. The zero-order valence-corrected chi connectivity index (χ0v) is 10.1. The monoisotopic (exact) mass is 264 g/mol. The first-order valence-electron chi connectivity index (χ1n) is 4.66. The van der Waals surface area contributed by atoms with Gasteiger partial charge in [0.15, 0.2) is 17.4 Å². The van der Waals surface area contributed by atoms with Crippen molar-refractivity contribution in [2.24, 2.45) is 0 Å². The predicted molar refractivity (Wildman–Crippen MR) is 59.0 cm³/mol. The number of halogens is 2. The highest BCUT2D eigenvalue weighted by atomic mass is 35.5. The first kappa shape index (κ1) is 11.9. The maximum absolute atomic E-state index is 13.2. The van der Waals surface area contributed by atoms with Crippen molar-refractivity contribution < 1.29 is 13.9 Å². The topological polar surface area (TPSA) is 44.2 Å². The van der Waals surface area contributed by atoms with Crippen LogP contribution in [-0.2, 0) is 4.74 Å². The lowest BCUT2D eigenvalue weighted by atomic mass is 10.3. The molecule has 0 N–H and O–H groups in total. The molecule has 4 nitrogen and oxygen atoms in total. The van der Waals surface area contributed by atoms with Crippen LogP contribution in [-0.4, -0.2) is 41.7 Å². The van der Waals surface area contributed by atoms with E-state index in [-0.39, 0.29) is 24.2 Å². The molecule has 1 aliphatic heterocycles. The molecule has 0 bridgehead atoms. The van der Waals surface area contributed by atoms with Gasteiger partial charge < -0.3 is 9.47 Å². The third-order valence-electron chi connectivity index (χ3n) is 2.07. The van der Waals surface area contributed by atoms with Gasteiger partial charge in [-0.1, -0.05) is 23.4 Å². The van der Waals surface area contributed by atoms with Gasteiger partial charge in [-0.05, 0) is 6.26 Å². The molecular weight excluding hydrogens is 255 g/mol. The maximum atomic E-state index is 13.2. The summed E-state index contributed by atoms with van der Waals surface area (Å²) in [4.78, 5) is 8.03. The summed E-state index contributed by atoms with van der Waals surface area (Å²) < 4.78 is 23.5. The minimum Gasteiger partial charge on any atom is -0.469 e. The van der Waals surface area contributed by atoms with E-state index >= 15 is 0 Å². The second-order valence-corrected chi connectivity index (χ2v) is 4.39. The fourth-order valence-electron chi connectivity index (χ4n) is 1.30. The molecule has 0 radical (unpaired) electrons. The van der Waals surface area contributed by atoms with E-state index in [9.17, 15) is 4.39 Å². The van der Waals surface area contributed by atoms with Gasteiger partial charge in [0.1, 0.15) is 5.15 Å². The average Bonchev–Trinajstić information content (AvgIpc) is 2.63. The molecule has 0 amide bonds. The second kappa shape index (κ2) is 5.16. The van der Waals surface area contributed by atoms with Crippen molar-refractivity contribution in [3.05, 3.63) is 11.2 Å². The van der Waals surface area contributed by atoms with Gasteiger partial charge in [0.2, 0.25) is 5.88 Å². The molecule has 88 valence electrons. The second-order valence-electron chi connectivity index (χ2n) is 3.23. The van der Waals surface area contributed by atoms with Crippen molar-refractivity contribution >= 4 is 23.4 Å². The number of ether oxygens (including phenoxy) is 2. The molecule has 0 saturated carbocycles. The normalized spacial score (nSPS) is 24.7. The first-order valence-corrected chi connectivity index (χ1v) is 6.26. The Bertz CT molecular complexity index is 383. The van der Waals surface area contributed by atoms with Crippen LogP contribution >= 0.6 is 23.4 Å². The van der Waals surface area contributed by atoms with Crippen LogP contribution < -0.4 is 4.74 Å². The third-order valence-corrected chi connectivity index (χ3v) is 2.81. The average molecular weight is 265 g/mol. The van der Waals surface area contributed by atoms with Crippen molar-refractivity contribution in [3.63, 3.8) is 0 Å². The molecule has 0 unspecified atom stereocenters. The van der Waals surface area contributed by atoms with Gasteiger partial charge >= 0.3 is 0 Å². The van der Waals surface area contributed by atoms with E-state index in [1.807, 2.05) is 6.26 Å². The summed E-state index contributed by atoms with van der Waals surface area (Å²) in [7, 11) is 0. The first-order chi connectivity index (χ1) is 7.69. The zero-order chi connectivity index (χ0) is 11.5. The van der Waals surface area contributed by atoms with Gasteiger partial charge in [-0.3, -0.25) is 0 Å². The molecule has 0 spiro atoms. The lowest BCUT2D eigenvalue weighted by molar-refractivity contribution is 0.123. The summed E-state index contributed by atoms with van der Waals surface area (Å²) in [6.07, 6.45) is 0.0960. The molecule has 0 aromatic carbocycles. The van der Waals surface area contributed by atoms with E-state index in [2.05, 4.69) is 9.97 Å². The Morgan fingerprint density at radius 1 is 1.56 bits per heavy atom. The molecule has 1 saturated heterocycles. The van der Waals surface area contributed by atoms with E-state index < -0.39 is 12.3 Å². The Balaban J connectivity index is 2.11. The standard InChI is InChI=1S/C9H10ClFN2O2S/c1-16-9-12-7(10)2-8(13-9)15-6-4-14-3-5(6)11/h2,5-6H,3-4H2,1H3/t5-,6+/m1/s1. The van der Waals surface area contributed by atoms with Crippen molar-refractivity contribution in [1.82, 2.24) is 9.97 Å². The van der Waals surface area contributed by atoms with Gasteiger partial charge in [0, 0.05) is 6.07 Å². The number of hydrogen-bond acceptors (Lipinski definition) is 5. The quantitative estimate of drug-likeness (QED) is 0.474. The highest BCUT2D eigenvalue weighted by molar-refractivity contribution is 7.98. The molecular formula is C9H10ClFN2O2S. The van der Waals surface area contributed by atoms with Crippen LogP contribution in [0.3, 0.4) is 0 Å². The van der Waals surface area contributed by atoms with E-state index in [1.165, 1.54) is 17.8 Å². The van der Waals surface area contributed by atoms with Gasteiger partial charge in [0.25, 0.3) is 0 Å². The molecule has 2 rings (SSSR count). The van der Waals surface area contributed by atoms with Crippen LogP contribution in [0, 0.1) is 0 Å². The van der Waals surface area contributed by atoms with E-state index in [1.54, 1.807) is 0 Å². The number of thioether (sulfide) groups is 1. The minimum atomic E-state index is -1.12. The summed E-state index contributed by atoms with van der Waals surface area (Å²) >= 11 is 7.13. The molecule has 16 heavy (non-hydrogen) atoms. The van der Waals surface area contributed by atoms with Gasteiger partial charge in [-0.2, -0.15) is 4.98 Å². The number of alkyl halides is 1. The Hall–Kier alpha value is -0.590. The van der Waals surface area contributed by atoms with Crippen LogP contribution in [0.2, 0.25) is 5.15 Å². The SMILES string of the molecule is CSc1nc(Cl)cc(O[C@H]2COC[C@H]2F)n1. The van der Waals surface area contributed by atoms with Crippen LogP contribution in [0.15, 0.2) is 11.2 Å². The van der Waals surface area contributed by atoms with E-state index in [4.69, 9.17) is 21.1 Å². The van der Waals surface area contributed by atoms with Gasteiger partial charge in [-0.15, -0.1) is 0 Å². The predicted octanol–water partition coefficient (Wildman–Crippen LogP) is 1.97. The largest absolute Gasteiger partial charge is 0.469 e. The van der Waals surface area contributed by atoms with Crippen molar-refractivity contribution in [1.29, 1.82) is 0 Å². The highest BCUT2D eigenvalue weighted by Crippen LogP contribution is 2.22. The molecule has 1 aromatic heterocycles. The van der Waals surface area contributed by atoms with Crippen molar-refractivity contribution in [2.45, 2.75) is 17.4 Å². The number of nitrogens with zero attached hydrogens (tertiary/aromatic N) is 2. The van der Waals surface area contributed by atoms with Gasteiger partial charge in [-0.25, -0.2) is 9.37 Å². The lowest BCUT2D eigenvalue weighted by Gasteiger charge is -2.13. The number of hydrogen-bond donors (Lipinski definition) is 0. The molecule has 0 aliphatic carbocycles. The number of rotatable bonds is 3. The van der Waals surface area contributed by atoms with E-state index in [0.29, 0.717) is 5.16 Å². The van der Waals surface area contributed by atoms with Gasteiger partial charge in [0.05, 0.1) is 13.2 Å². The molecule has 2 heterocycles. The van der Waals surface area contributed by atoms with Crippen LogP contribution in [0.4, 0.5) is 4.39 Å². The van der Waals surface area contributed by atoms with Crippen molar-refractivity contribution in [3.8, 4) is 5.88 Å². The molecule has 1 fully saturated rings. The molecule has 1 aliphatic rings. The zero-order valence-electron chi connectivity index (χ0n) is 8.52. The Morgan fingerprint density at radius 3 is 3.00 bits per heavy atom. The molecule has 2 atom stereocenters. The highest BCUT2D eigenvalue weighted by Gasteiger charge is 2.30. The summed E-state index contributed by atoms with van der Waals surface area (Å²) in [5.74, 6) is 0.280. The fourth-order valence-corrected chi connectivity index (χ4v) is 1.89. The molecule has 7 heteroatoms. The Labute approximate surface area is 102 Å². The lowest BCUT2D eigenvalue weighted by Crippen LogP contribution is -2.27. The maximum Gasteiger partial charge on any atom is 0.219 e. The summed E-state index contributed by atoms with van der Waals surface area (Å²) in [6, 6.07) is 1.46. The summed E-state index contributed by atoms with van der Waals surface area (Å²) in [5.41, 5.74) is 0. The van der Waals surface area contributed by atoms with Crippen LogP contribution in [0.5, 0.6) is 5.88 Å².